The van der Waals surface area contributed by atoms with Crippen LogP contribution >= 0.6 is 23.2 Å². The topological polar surface area (TPSA) is 85.9 Å². The molecule has 0 bridgehead atoms. The molecule has 0 saturated heterocycles. The van der Waals surface area contributed by atoms with Gasteiger partial charge >= 0.3 is 6.03 Å². The average molecular weight is 396 g/mol. The van der Waals surface area contributed by atoms with Crippen LogP contribution in [0.15, 0.2) is 35.4 Å². The Morgan fingerprint density at radius 2 is 1.88 bits per heavy atom. The maximum absolute atomic E-state index is 10.7. The van der Waals surface area contributed by atoms with E-state index < -0.39 is 6.03 Å². The van der Waals surface area contributed by atoms with Crippen molar-refractivity contribution in [2.24, 2.45) is 10.8 Å². The number of halogens is 2. The number of aryl methyl sites for hydroxylation is 2. The Bertz CT molecular complexity index is 826. The highest BCUT2D eigenvalue weighted by Crippen LogP contribution is 2.31. The van der Waals surface area contributed by atoms with Crippen LogP contribution in [-0.4, -0.2) is 25.5 Å². The van der Waals surface area contributed by atoms with Crippen molar-refractivity contribution in [1.82, 2.24) is 5.43 Å². The molecule has 2 amide bonds. The van der Waals surface area contributed by atoms with Gasteiger partial charge in [-0.1, -0.05) is 29.3 Å². The quantitative estimate of drug-likeness (QED) is 0.420. The lowest BCUT2D eigenvalue weighted by Crippen LogP contribution is -2.24. The number of rotatable bonds is 7. The summed E-state index contributed by atoms with van der Waals surface area (Å²) in [7, 11) is 0. The summed E-state index contributed by atoms with van der Waals surface area (Å²) < 4.78 is 11.4. The molecule has 2 rings (SSSR count). The molecule has 2 aromatic rings. The number of carbonyl (C=O) groups excluding carboxylic acids is 1. The molecule has 0 heterocycles. The van der Waals surface area contributed by atoms with Gasteiger partial charge in [0.05, 0.1) is 11.2 Å². The zero-order chi connectivity index (χ0) is 19.1. The number of ether oxygens (including phenoxy) is 2. The van der Waals surface area contributed by atoms with Gasteiger partial charge in [0, 0.05) is 10.6 Å². The van der Waals surface area contributed by atoms with Crippen molar-refractivity contribution in [3.05, 3.63) is 57.1 Å². The van der Waals surface area contributed by atoms with Gasteiger partial charge in [-0.3, -0.25) is 0 Å². The van der Waals surface area contributed by atoms with Crippen LogP contribution in [0.1, 0.15) is 16.7 Å². The van der Waals surface area contributed by atoms with Gasteiger partial charge < -0.3 is 15.2 Å². The van der Waals surface area contributed by atoms with Gasteiger partial charge in [-0.2, -0.15) is 5.10 Å². The number of primary amides is 1. The third-order valence-corrected chi connectivity index (χ3v) is 3.99. The van der Waals surface area contributed by atoms with Gasteiger partial charge in [-0.05, 0) is 49.2 Å². The molecule has 0 unspecified atom stereocenters. The fourth-order valence-electron chi connectivity index (χ4n) is 2.10. The second-order valence-corrected chi connectivity index (χ2v) is 6.33. The Labute approximate surface area is 161 Å². The molecule has 0 spiro atoms. The number of hydrazone groups is 1. The number of carbonyl (C=O) groups is 1. The summed E-state index contributed by atoms with van der Waals surface area (Å²) >= 11 is 12.2. The summed E-state index contributed by atoms with van der Waals surface area (Å²) in [6.45, 7) is 4.66. The average Bonchev–Trinajstić information content (AvgIpc) is 2.56. The summed E-state index contributed by atoms with van der Waals surface area (Å²) in [5.41, 5.74) is 9.93. The van der Waals surface area contributed by atoms with Crippen LogP contribution in [0.4, 0.5) is 4.79 Å². The lowest BCUT2D eigenvalue weighted by atomic mass is 10.1. The Morgan fingerprint density at radius 3 is 2.58 bits per heavy atom. The Kier molecular flexibility index (Phi) is 7.12. The zero-order valence-electron chi connectivity index (χ0n) is 14.4. The lowest BCUT2D eigenvalue weighted by Gasteiger charge is -2.13. The van der Waals surface area contributed by atoms with Gasteiger partial charge in [0.15, 0.2) is 0 Å². The number of nitrogens with one attached hydrogen (secondary N) is 1. The molecule has 2 aromatic carbocycles. The Morgan fingerprint density at radius 1 is 1.15 bits per heavy atom. The summed E-state index contributed by atoms with van der Waals surface area (Å²) in [5.74, 6) is 1.15. The largest absolute Gasteiger partial charge is 0.490 e. The SMILES string of the molecule is Cc1ccc(OCCOc2c(Cl)cc(Cl)cc2/C=N/NC(N)=O)cc1C. The van der Waals surface area contributed by atoms with Gasteiger partial charge in [0.1, 0.15) is 24.7 Å². The van der Waals surface area contributed by atoms with Crippen molar-refractivity contribution in [2.75, 3.05) is 13.2 Å². The van der Waals surface area contributed by atoms with Crippen molar-refractivity contribution in [3.63, 3.8) is 0 Å². The van der Waals surface area contributed by atoms with Crippen LogP contribution in [0.25, 0.3) is 0 Å². The van der Waals surface area contributed by atoms with Crippen molar-refractivity contribution in [1.29, 1.82) is 0 Å². The molecule has 26 heavy (non-hydrogen) atoms. The predicted molar refractivity (Wildman–Crippen MR) is 104 cm³/mol. The molecular weight excluding hydrogens is 377 g/mol. The van der Waals surface area contributed by atoms with Gasteiger partial charge in [0.25, 0.3) is 0 Å². The number of urea groups is 1. The predicted octanol–water partition coefficient (Wildman–Crippen LogP) is 4.07. The molecule has 138 valence electrons. The van der Waals surface area contributed by atoms with E-state index >= 15 is 0 Å². The summed E-state index contributed by atoms with van der Waals surface area (Å²) in [4.78, 5) is 10.7. The molecule has 0 saturated carbocycles. The molecule has 6 nitrogen and oxygen atoms in total. The van der Waals surface area contributed by atoms with E-state index in [1.165, 1.54) is 11.8 Å². The second-order valence-electron chi connectivity index (χ2n) is 5.48. The highest BCUT2D eigenvalue weighted by molar-refractivity contribution is 6.36. The minimum Gasteiger partial charge on any atom is -0.490 e. The number of amides is 2. The highest BCUT2D eigenvalue weighted by Gasteiger charge is 2.10. The molecule has 8 heteroatoms. The molecular formula is C18H19Cl2N3O3. The summed E-state index contributed by atoms with van der Waals surface area (Å²) in [5, 5.41) is 4.43. The van der Waals surface area contributed by atoms with E-state index in [9.17, 15) is 4.79 Å². The van der Waals surface area contributed by atoms with Gasteiger partial charge in [-0.25, -0.2) is 10.2 Å². The standard InChI is InChI=1S/C18H19Cl2N3O3/c1-11-3-4-15(7-12(11)2)25-5-6-26-17-13(10-22-23-18(21)24)8-14(19)9-16(17)20/h3-4,7-10H,5-6H2,1-2H3,(H3,21,23,24)/b22-10+. The number of nitrogens with zero attached hydrogens (tertiary/aromatic N) is 1. The van der Waals surface area contributed by atoms with Crippen molar-refractivity contribution < 1.29 is 14.3 Å². The molecule has 0 aliphatic rings. The fourth-order valence-corrected chi connectivity index (χ4v) is 2.66. The molecule has 0 fully saturated rings. The Balaban J connectivity index is 2.00. The number of nitrogens with two attached hydrogens (primary N) is 1. The third kappa shape index (κ3) is 5.82. The maximum atomic E-state index is 10.7. The first-order valence-electron chi connectivity index (χ1n) is 7.77. The third-order valence-electron chi connectivity index (χ3n) is 3.49. The fraction of sp³-hybridized carbons (Fsp3) is 0.222. The molecule has 0 atom stereocenters. The van der Waals surface area contributed by atoms with Crippen LogP contribution in [0.3, 0.4) is 0 Å². The minimum atomic E-state index is -0.779. The van der Waals surface area contributed by atoms with Crippen molar-refractivity contribution in [2.45, 2.75) is 13.8 Å². The number of hydrogen-bond acceptors (Lipinski definition) is 4. The summed E-state index contributed by atoms with van der Waals surface area (Å²) in [6.07, 6.45) is 1.35. The monoisotopic (exact) mass is 395 g/mol. The number of benzene rings is 2. The zero-order valence-corrected chi connectivity index (χ0v) is 15.9. The van der Waals surface area contributed by atoms with Crippen LogP contribution in [0.5, 0.6) is 11.5 Å². The molecule has 0 aliphatic heterocycles. The van der Waals surface area contributed by atoms with E-state index in [-0.39, 0.29) is 6.61 Å². The number of hydrogen-bond donors (Lipinski definition) is 2. The molecule has 0 aliphatic carbocycles. The van der Waals surface area contributed by atoms with E-state index in [0.29, 0.717) is 28.0 Å². The van der Waals surface area contributed by atoms with Crippen molar-refractivity contribution in [3.8, 4) is 11.5 Å². The van der Waals surface area contributed by atoms with Crippen molar-refractivity contribution >= 4 is 35.4 Å². The summed E-state index contributed by atoms with van der Waals surface area (Å²) in [6, 6.07) is 8.27. The van der Waals surface area contributed by atoms with Crippen LogP contribution in [-0.2, 0) is 0 Å². The second kappa shape index (κ2) is 9.31. The normalized spacial score (nSPS) is 10.8. The van der Waals surface area contributed by atoms with E-state index in [1.807, 2.05) is 32.0 Å². The maximum Gasteiger partial charge on any atom is 0.332 e. The smallest absolute Gasteiger partial charge is 0.332 e. The minimum absolute atomic E-state index is 0.262. The highest BCUT2D eigenvalue weighted by atomic mass is 35.5. The first kappa shape index (κ1) is 19.9. The first-order valence-corrected chi connectivity index (χ1v) is 8.53. The Hall–Kier alpha value is -2.44. The van der Waals surface area contributed by atoms with E-state index in [0.717, 1.165) is 11.3 Å². The van der Waals surface area contributed by atoms with E-state index in [4.69, 9.17) is 38.4 Å². The first-order chi connectivity index (χ1) is 12.4. The molecule has 0 radical (unpaired) electrons. The van der Waals surface area contributed by atoms with Crippen LogP contribution < -0.4 is 20.6 Å². The molecule has 0 aromatic heterocycles. The van der Waals surface area contributed by atoms with E-state index in [2.05, 4.69) is 10.5 Å². The molecule has 3 N–H and O–H groups in total. The lowest BCUT2D eigenvalue weighted by molar-refractivity contribution is 0.217. The van der Waals surface area contributed by atoms with Gasteiger partial charge in [0.2, 0.25) is 0 Å². The van der Waals surface area contributed by atoms with Gasteiger partial charge in [-0.15, -0.1) is 0 Å². The van der Waals surface area contributed by atoms with Crippen LogP contribution in [0.2, 0.25) is 10.0 Å². The van der Waals surface area contributed by atoms with E-state index in [1.54, 1.807) is 12.1 Å². The van der Waals surface area contributed by atoms with Crippen LogP contribution in [0, 0.1) is 13.8 Å².